The Morgan fingerprint density at radius 1 is 1.25 bits per heavy atom. The first-order chi connectivity index (χ1) is 11.6. The summed E-state index contributed by atoms with van der Waals surface area (Å²) in [7, 11) is 5.49. The van der Waals surface area contributed by atoms with Gasteiger partial charge in [0.1, 0.15) is 0 Å². The van der Waals surface area contributed by atoms with Crippen LogP contribution in [0.25, 0.3) is 10.7 Å². The third-order valence-corrected chi connectivity index (χ3v) is 5.48. The largest absolute Gasteiger partial charge is 0.345 e. The molecule has 0 fully saturated rings. The number of hydrogen-bond donors (Lipinski definition) is 0. The molecule has 0 saturated heterocycles. The second kappa shape index (κ2) is 7.19. The third-order valence-electron chi connectivity index (χ3n) is 3.52. The fourth-order valence-corrected chi connectivity index (χ4v) is 3.86. The molecule has 0 aliphatic carbocycles. The van der Waals surface area contributed by atoms with Crippen molar-refractivity contribution >= 4 is 29.0 Å². The van der Waals surface area contributed by atoms with Gasteiger partial charge in [-0.25, -0.2) is 0 Å². The van der Waals surface area contributed by atoms with Crippen molar-refractivity contribution in [1.82, 2.24) is 19.7 Å². The molecule has 2 aromatic heterocycles. The van der Waals surface area contributed by atoms with Crippen LogP contribution in [0.15, 0.2) is 46.9 Å². The fourth-order valence-electron chi connectivity index (χ4n) is 2.26. The lowest BCUT2D eigenvalue weighted by Gasteiger charge is -2.11. The number of carbonyl (C=O) groups is 1. The maximum atomic E-state index is 12.1. The Labute approximate surface area is 149 Å². The van der Waals surface area contributed by atoms with Crippen LogP contribution in [-0.2, 0) is 12.8 Å². The molecule has 1 amide bonds. The summed E-state index contributed by atoms with van der Waals surface area (Å²) in [5, 5.41) is 11.5. The van der Waals surface area contributed by atoms with Gasteiger partial charge in [-0.2, -0.15) is 0 Å². The summed E-state index contributed by atoms with van der Waals surface area (Å²) >= 11 is 3.27. The third kappa shape index (κ3) is 3.52. The summed E-state index contributed by atoms with van der Waals surface area (Å²) in [5.74, 6) is 1.63. The Bertz CT molecular complexity index is 840. The van der Waals surface area contributed by atoms with Crippen molar-refractivity contribution in [3.63, 3.8) is 0 Å². The van der Waals surface area contributed by atoms with Crippen LogP contribution >= 0.6 is 23.1 Å². The van der Waals surface area contributed by atoms with E-state index in [-0.39, 0.29) is 5.91 Å². The predicted molar refractivity (Wildman–Crippen MR) is 98.3 cm³/mol. The lowest BCUT2D eigenvalue weighted by Crippen LogP contribution is -2.21. The monoisotopic (exact) mass is 358 g/mol. The molecule has 5 nitrogen and oxygen atoms in total. The molecule has 124 valence electrons. The summed E-state index contributed by atoms with van der Waals surface area (Å²) in [5.41, 5.74) is 1.80. The number of amides is 1. The predicted octanol–water partition coefficient (Wildman–Crippen LogP) is 3.54. The Hall–Kier alpha value is -2.12. The summed E-state index contributed by atoms with van der Waals surface area (Å²) < 4.78 is 2.01. The molecule has 24 heavy (non-hydrogen) atoms. The molecule has 0 aliphatic rings. The smallest absolute Gasteiger partial charge is 0.253 e. The standard InChI is InChI=1S/C17H18N4OS2/c1-20(2)16(22)13-7-4-6-12(10-13)11-24-17-19-18-15(21(17)3)14-8-5-9-23-14/h4-10H,11H2,1-3H3. The summed E-state index contributed by atoms with van der Waals surface area (Å²) in [6.07, 6.45) is 0. The second-order valence-corrected chi connectivity index (χ2v) is 7.42. The summed E-state index contributed by atoms with van der Waals surface area (Å²) in [4.78, 5) is 14.7. The number of thiophene rings is 1. The van der Waals surface area contributed by atoms with Crippen molar-refractivity contribution in [1.29, 1.82) is 0 Å². The number of benzene rings is 1. The van der Waals surface area contributed by atoms with E-state index < -0.39 is 0 Å². The number of aromatic nitrogens is 3. The molecule has 0 bridgehead atoms. The van der Waals surface area contributed by atoms with Crippen LogP contribution in [-0.4, -0.2) is 39.7 Å². The van der Waals surface area contributed by atoms with Crippen molar-refractivity contribution in [3.8, 4) is 10.7 Å². The first-order valence-corrected chi connectivity index (χ1v) is 9.29. The van der Waals surface area contributed by atoms with Crippen molar-refractivity contribution in [2.24, 2.45) is 7.05 Å². The highest BCUT2D eigenvalue weighted by Gasteiger charge is 2.13. The minimum Gasteiger partial charge on any atom is -0.345 e. The minimum absolute atomic E-state index is 0.0143. The molecule has 0 radical (unpaired) electrons. The Balaban J connectivity index is 1.73. The fraction of sp³-hybridized carbons (Fsp3) is 0.235. The molecule has 0 unspecified atom stereocenters. The van der Waals surface area contributed by atoms with Crippen LogP contribution < -0.4 is 0 Å². The molecular weight excluding hydrogens is 340 g/mol. The van der Waals surface area contributed by atoms with Gasteiger partial charge in [0.05, 0.1) is 4.88 Å². The lowest BCUT2D eigenvalue weighted by atomic mass is 10.1. The highest BCUT2D eigenvalue weighted by atomic mass is 32.2. The zero-order chi connectivity index (χ0) is 17.1. The molecule has 0 atom stereocenters. The molecule has 0 spiro atoms. The molecule has 3 rings (SSSR count). The van der Waals surface area contributed by atoms with E-state index in [4.69, 9.17) is 0 Å². The van der Waals surface area contributed by atoms with Gasteiger partial charge in [-0.15, -0.1) is 21.5 Å². The highest BCUT2D eigenvalue weighted by Crippen LogP contribution is 2.27. The van der Waals surface area contributed by atoms with Crippen LogP contribution in [0.1, 0.15) is 15.9 Å². The van der Waals surface area contributed by atoms with Gasteiger partial charge < -0.3 is 9.47 Å². The van der Waals surface area contributed by atoms with Gasteiger partial charge in [-0.1, -0.05) is 30.0 Å². The Morgan fingerprint density at radius 3 is 2.79 bits per heavy atom. The molecule has 0 N–H and O–H groups in total. The quantitative estimate of drug-likeness (QED) is 0.655. The van der Waals surface area contributed by atoms with Crippen LogP contribution in [0.4, 0.5) is 0 Å². The van der Waals surface area contributed by atoms with Crippen LogP contribution in [0.3, 0.4) is 0 Å². The lowest BCUT2D eigenvalue weighted by molar-refractivity contribution is 0.0827. The van der Waals surface area contributed by atoms with Crippen molar-refractivity contribution in [2.45, 2.75) is 10.9 Å². The number of thioether (sulfide) groups is 1. The molecule has 0 aliphatic heterocycles. The Kier molecular flexibility index (Phi) is 5.01. The van der Waals surface area contributed by atoms with E-state index in [2.05, 4.69) is 10.2 Å². The zero-order valence-corrected chi connectivity index (χ0v) is 15.4. The molecule has 0 saturated carbocycles. The number of rotatable bonds is 5. The number of carbonyl (C=O) groups excluding carboxylic acids is 1. The average Bonchev–Trinajstić information content (AvgIpc) is 3.22. The highest BCUT2D eigenvalue weighted by molar-refractivity contribution is 7.98. The van der Waals surface area contributed by atoms with Crippen molar-refractivity contribution in [3.05, 3.63) is 52.9 Å². The van der Waals surface area contributed by atoms with Gasteiger partial charge in [-0.3, -0.25) is 4.79 Å². The molecule has 7 heteroatoms. The van der Waals surface area contributed by atoms with Gasteiger partial charge in [0.15, 0.2) is 11.0 Å². The van der Waals surface area contributed by atoms with Crippen LogP contribution in [0.2, 0.25) is 0 Å². The van der Waals surface area contributed by atoms with Crippen LogP contribution in [0, 0.1) is 0 Å². The van der Waals surface area contributed by atoms with E-state index in [1.54, 1.807) is 42.1 Å². The summed E-state index contributed by atoms with van der Waals surface area (Å²) in [6, 6.07) is 11.8. The Morgan fingerprint density at radius 2 is 2.08 bits per heavy atom. The zero-order valence-electron chi connectivity index (χ0n) is 13.8. The first-order valence-electron chi connectivity index (χ1n) is 7.43. The van der Waals surface area contributed by atoms with Crippen LogP contribution in [0.5, 0.6) is 0 Å². The second-order valence-electron chi connectivity index (χ2n) is 5.53. The van der Waals surface area contributed by atoms with Gasteiger partial charge >= 0.3 is 0 Å². The number of hydrogen-bond acceptors (Lipinski definition) is 5. The van der Waals surface area contributed by atoms with Gasteiger partial charge in [0, 0.05) is 32.5 Å². The normalized spacial score (nSPS) is 10.8. The van der Waals surface area contributed by atoms with E-state index in [0.29, 0.717) is 5.56 Å². The SMILES string of the molecule is CN(C)C(=O)c1cccc(CSc2nnc(-c3cccs3)n2C)c1. The molecule has 2 heterocycles. The van der Waals surface area contributed by atoms with E-state index in [1.807, 2.05) is 53.4 Å². The molecular formula is C17H18N4OS2. The maximum absolute atomic E-state index is 12.1. The van der Waals surface area contributed by atoms with E-state index in [0.717, 1.165) is 27.2 Å². The molecule has 3 aromatic rings. The van der Waals surface area contributed by atoms with Crippen molar-refractivity contribution in [2.75, 3.05) is 14.1 Å². The molecule has 1 aromatic carbocycles. The van der Waals surface area contributed by atoms with Gasteiger partial charge in [-0.05, 0) is 29.1 Å². The average molecular weight is 358 g/mol. The minimum atomic E-state index is 0.0143. The van der Waals surface area contributed by atoms with E-state index in [9.17, 15) is 4.79 Å². The first kappa shape index (κ1) is 16.7. The van der Waals surface area contributed by atoms with E-state index in [1.165, 1.54) is 0 Å². The summed E-state index contributed by atoms with van der Waals surface area (Å²) in [6.45, 7) is 0. The van der Waals surface area contributed by atoms with Gasteiger partial charge in [0.2, 0.25) is 0 Å². The maximum Gasteiger partial charge on any atom is 0.253 e. The number of nitrogens with zero attached hydrogens (tertiary/aromatic N) is 4. The van der Waals surface area contributed by atoms with Gasteiger partial charge in [0.25, 0.3) is 5.91 Å². The topological polar surface area (TPSA) is 51.0 Å². The van der Waals surface area contributed by atoms with E-state index >= 15 is 0 Å². The van der Waals surface area contributed by atoms with Crippen molar-refractivity contribution < 1.29 is 4.79 Å².